The molecule has 2 heterocycles. The number of carbonyl (C=O) groups is 2. The van der Waals surface area contributed by atoms with Crippen LogP contribution in [0.5, 0.6) is 0 Å². The minimum Gasteiger partial charge on any atom is -0.329 e. The van der Waals surface area contributed by atoms with Gasteiger partial charge in [-0.15, -0.1) is 0 Å². The maximum absolute atomic E-state index is 12.6. The quantitative estimate of drug-likeness (QED) is 0.938. The third-order valence-electron chi connectivity index (χ3n) is 4.02. The Hall–Kier alpha value is -2.76. The number of benzene rings is 1. The smallest absolute Gasteiger partial charge is 0.257 e. The molecule has 0 saturated heterocycles. The van der Waals surface area contributed by atoms with Crippen LogP contribution >= 0.6 is 0 Å². The minimum absolute atomic E-state index is 0.0278. The minimum atomic E-state index is -0.205. The Morgan fingerprint density at radius 2 is 2.00 bits per heavy atom. The highest BCUT2D eigenvalue weighted by Gasteiger charge is 2.25. The number of aromatic nitrogens is 2. The summed E-state index contributed by atoms with van der Waals surface area (Å²) in [6.45, 7) is 4.36. The van der Waals surface area contributed by atoms with Gasteiger partial charge < -0.3 is 10.2 Å². The molecule has 0 fully saturated rings. The van der Waals surface area contributed by atoms with Crippen LogP contribution in [0, 0.1) is 13.8 Å². The summed E-state index contributed by atoms with van der Waals surface area (Å²) in [6, 6.07) is 7.57. The fourth-order valence-corrected chi connectivity index (χ4v) is 2.76. The van der Waals surface area contributed by atoms with Gasteiger partial charge in [0.1, 0.15) is 12.4 Å². The summed E-state index contributed by atoms with van der Waals surface area (Å²) in [5.41, 5.74) is 3.13. The van der Waals surface area contributed by atoms with Crippen molar-refractivity contribution in [2.75, 3.05) is 18.4 Å². The lowest BCUT2D eigenvalue weighted by Gasteiger charge is -2.20. The molecule has 1 aliphatic heterocycles. The van der Waals surface area contributed by atoms with Crippen molar-refractivity contribution in [3.63, 3.8) is 0 Å². The van der Waals surface area contributed by atoms with Crippen molar-refractivity contribution >= 4 is 17.5 Å². The molecule has 1 aromatic heterocycles. The number of nitrogens with zero attached hydrogens (tertiary/aromatic N) is 3. The first kappa shape index (κ1) is 16.1. The number of nitrogens with one attached hydrogen (secondary N) is 1. The van der Waals surface area contributed by atoms with Gasteiger partial charge in [0, 0.05) is 18.4 Å². The van der Waals surface area contributed by atoms with Crippen LogP contribution in [0.3, 0.4) is 0 Å². The van der Waals surface area contributed by atoms with Crippen LogP contribution in [0.2, 0.25) is 0 Å². The first-order valence-electron chi connectivity index (χ1n) is 8.01. The van der Waals surface area contributed by atoms with Crippen LogP contribution in [0.1, 0.15) is 33.9 Å². The van der Waals surface area contributed by atoms with E-state index in [9.17, 15) is 9.59 Å². The zero-order valence-electron chi connectivity index (χ0n) is 13.9. The predicted octanol–water partition coefficient (Wildman–Crippen LogP) is 2.12. The molecular formula is C18H20N4O2. The van der Waals surface area contributed by atoms with E-state index in [2.05, 4.69) is 15.3 Å². The second-order valence-corrected chi connectivity index (χ2v) is 6.02. The van der Waals surface area contributed by atoms with E-state index < -0.39 is 0 Å². The molecule has 0 saturated carbocycles. The summed E-state index contributed by atoms with van der Waals surface area (Å²) in [7, 11) is 0. The number of fused-ring (bicyclic) bond motifs is 1. The predicted molar refractivity (Wildman–Crippen MR) is 90.8 cm³/mol. The average molecular weight is 324 g/mol. The van der Waals surface area contributed by atoms with Gasteiger partial charge in [-0.2, -0.15) is 0 Å². The molecule has 2 amide bonds. The summed E-state index contributed by atoms with van der Waals surface area (Å²) in [6.07, 6.45) is 3.07. The van der Waals surface area contributed by atoms with Gasteiger partial charge in [0.25, 0.3) is 5.91 Å². The van der Waals surface area contributed by atoms with Gasteiger partial charge in [-0.1, -0.05) is 17.7 Å². The monoisotopic (exact) mass is 324 g/mol. The molecule has 1 aliphatic rings. The molecule has 0 aliphatic carbocycles. The summed E-state index contributed by atoms with van der Waals surface area (Å²) in [4.78, 5) is 34.9. The first-order chi connectivity index (χ1) is 11.5. The van der Waals surface area contributed by atoms with Crippen molar-refractivity contribution in [3.8, 4) is 0 Å². The third-order valence-corrected chi connectivity index (χ3v) is 4.02. The van der Waals surface area contributed by atoms with E-state index in [0.29, 0.717) is 17.9 Å². The number of rotatable bonds is 3. The third kappa shape index (κ3) is 3.59. The van der Waals surface area contributed by atoms with Gasteiger partial charge >= 0.3 is 0 Å². The zero-order chi connectivity index (χ0) is 17.1. The van der Waals surface area contributed by atoms with Crippen molar-refractivity contribution in [1.29, 1.82) is 0 Å². The topological polar surface area (TPSA) is 75.2 Å². The molecule has 6 heteroatoms. The lowest BCUT2D eigenvalue weighted by Crippen LogP contribution is -2.38. The Labute approximate surface area is 140 Å². The molecular weight excluding hydrogens is 304 g/mol. The van der Waals surface area contributed by atoms with Crippen LogP contribution in [0.25, 0.3) is 0 Å². The van der Waals surface area contributed by atoms with Gasteiger partial charge in [0.15, 0.2) is 0 Å². The number of amides is 2. The molecule has 0 radical (unpaired) electrons. The highest BCUT2D eigenvalue weighted by atomic mass is 16.2. The molecule has 124 valence electrons. The van der Waals surface area contributed by atoms with Crippen molar-refractivity contribution in [2.24, 2.45) is 0 Å². The van der Waals surface area contributed by atoms with Gasteiger partial charge in [-0.25, -0.2) is 9.97 Å². The Kier molecular flexibility index (Phi) is 4.55. The summed E-state index contributed by atoms with van der Waals surface area (Å²) >= 11 is 0. The average Bonchev–Trinajstić information content (AvgIpc) is 2.69. The van der Waals surface area contributed by atoms with E-state index in [0.717, 1.165) is 29.8 Å². The van der Waals surface area contributed by atoms with Crippen LogP contribution < -0.4 is 5.32 Å². The largest absolute Gasteiger partial charge is 0.329 e. The van der Waals surface area contributed by atoms with Crippen molar-refractivity contribution in [1.82, 2.24) is 14.9 Å². The Balaban J connectivity index is 1.70. The van der Waals surface area contributed by atoms with Crippen LogP contribution in [-0.2, 0) is 11.2 Å². The van der Waals surface area contributed by atoms with E-state index in [4.69, 9.17) is 0 Å². The summed E-state index contributed by atoms with van der Waals surface area (Å²) in [5, 5.41) is 2.83. The summed E-state index contributed by atoms with van der Waals surface area (Å²) < 4.78 is 0. The molecule has 1 aromatic carbocycles. The fourth-order valence-electron chi connectivity index (χ4n) is 2.76. The van der Waals surface area contributed by atoms with E-state index in [1.807, 2.05) is 38.1 Å². The molecule has 3 rings (SSSR count). The lowest BCUT2D eigenvalue weighted by atomic mass is 10.1. The van der Waals surface area contributed by atoms with Crippen LogP contribution in [-0.4, -0.2) is 39.8 Å². The maximum Gasteiger partial charge on any atom is 0.257 e. The molecule has 0 unspecified atom stereocenters. The van der Waals surface area contributed by atoms with Crippen LogP contribution in [0.4, 0.5) is 5.69 Å². The highest BCUT2D eigenvalue weighted by molar-refractivity contribution is 6.00. The van der Waals surface area contributed by atoms with Gasteiger partial charge in [0.2, 0.25) is 5.91 Å². The highest BCUT2D eigenvalue weighted by Crippen LogP contribution is 2.17. The van der Waals surface area contributed by atoms with Crippen LogP contribution in [0.15, 0.2) is 30.5 Å². The van der Waals surface area contributed by atoms with Gasteiger partial charge in [0.05, 0.1) is 11.3 Å². The van der Waals surface area contributed by atoms with E-state index >= 15 is 0 Å². The number of hydrogen-bond acceptors (Lipinski definition) is 4. The SMILES string of the molecule is Cc1ccc(NC(=O)CN2CCCc3nc(C)ncc3C2=O)cc1. The van der Waals surface area contributed by atoms with Crippen molar-refractivity contribution < 1.29 is 9.59 Å². The molecule has 24 heavy (non-hydrogen) atoms. The zero-order valence-corrected chi connectivity index (χ0v) is 13.9. The number of hydrogen-bond donors (Lipinski definition) is 1. The molecule has 0 atom stereocenters. The Morgan fingerprint density at radius 3 is 2.75 bits per heavy atom. The molecule has 6 nitrogen and oxygen atoms in total. The lowest BCUT2D eigenvalue weighted by molar-refractivity contribution is -0.116. The fraction of sp³-hybridized carbons (Fsp3) is 0.333. The van der Waals surface area contributed by atoms with E-state index in [1.165, 1.54) is 0 Å². The maximum atomic E-state index is 12.6. The summed E-state index contributed by atoms with van der Waals surface area (Å²) in [5.74, 6) is 0.275. The van der Waals surface area contributed by atoms with Crippen molar-refractivity contribution in [3.05, 3.63) is 53.1 Å². The number of aryl methyl sites for hydroxylation is 3. The normalized spacial score (nSPS) is 14.1. The first-order valence-corrected chi connectivity index (χ1v) is 8.01. The standard InChI is InChI=1S/C18H20N4O2/c1-12-5-7-14(8-6-12)21-17(23)11-22-9-3-4-16-15(18(22)24)10-19-13(2)20-16/h5-8,10H,3-4,9,11H2,1-2H3,(H,21,23). The number of carbonyl (C=O) groups excluding carboxylic acids is 2. The van der Waals surface area contributed by atoms with Gasteiger partial charge in [-0.05, 0) is 38.8 Å². The van der Waals surface area contributed by atoms with Crippen molar-refractivity contribution in [2.45, 2.75) is 26.7 Å². The molecule has 2 aromatic rings. The Morgan fingerprint density at radius 1 is 1.25 bits per heavy atom. The number of anilines is 1. The second-order valence-electron chi connectivity index (χ2n) is 6.02. The molecule has 0 bridgehead atoms. The van der Waals surface area contributed by atoms with E-state index in [-0.39, 0.29) is 18.4 Å². The molecule has 1 N–H and O–H groups in total. The molecule has 0 spiro atoms. The van der Waals surface area contributed by atoms with Gasteiger partial charge in [-0.3, -0.25) is 9.59 Å². The van der Waals surface area contributed by atoms with E-state index in [1.54, 1.807) is 11.1 Å². The Bertz CT molecular complexity index is 771. The second kappa shape index (κ2) is 6.78.